The second-order valence-electron chi connectivity index (χ2n) is 4.93. The van der Waals surface area contributed by atoms with Gasteiger partial charge in [-0.05, 0) is 44.2 Å². The lowest BCUT2D eigenvalue weighted by Crippen LogP contribution is -2.30. The monoisotopic (exact) mass is 329 g/mol. The van der Waals surface area contributed by atoms with Crippen LogP contribution < -0.4 is 5.32 Å². The fraction of sp³-hybridized carbons (Fsp3) is 0.235. The number of pyridine rings is 1. The Bertz CT molecular complexity index is 766. The molecule has 0 aliphatic rings. The van der Waals surface area contributed by atoms with Crippen molar-refractivity contribution in [2.75, 3.05) is 18.4 Å². The average molecular weight is 329 g/mol. The highest BCUT2D eigenvalue weighted by atomic mass is 32.1. The van der Waals surface area contributed by atoms with E-state index in [2.05, 4.69) is 10.3 Å². The normalized spacial score (nSPS) is 10.2. The number of benzene rings is 1. The van der Waals surface area contributed by atoms with Gasteiger partial charge in [0, 0.05) is 30.5 Å². The molecule has 0 spiro atoms. The molecule has 2 amide bonds. The Kier molecular flexibility index (Phi) is 5.65. The molecule has 0 saturated heterocycles. The summed E-state index contributed by atoms with van der Waals surface area (Å²) < 4.78 is 0.375. The number of aromatic amines is 1. The zero-order valence-electron chi connectivity index (χ0n) is 13.1. The first kappa shape index (κ1) is 16.9. The molecule has 1 aromatic carbocycles. The van der Waals surface area contributed by atoms with Crippen LogP contribution in [0.1, 0.15) is 34.6 Å². The van der Waals surface area contributed by atoms with Crippen molar-refractivity contribution in [3.8, 4) is 0 Å². The standard InChI is InChI=1S/C17H19N3O2S/c1-3-20(4-2)17(22)12-7-5-8-13(11-12)19-15(21)14-9-6-10-18-16(14)23/h5-11H,3-4H2,1-2H3,(H,18,23)(H,19,21). The molecular formula is C17H19N3O2S. The van der Waals surface area contributed by atoms with Gasteiger partial charge in [0.2, 0.25) is 0 Å². The Labute approximate surface area is 140 Å². The fourth-order valence-electron chi connectivity index (χ4n) is 2.22. The lowest BCUT2D eigenvalue weighted by Gasteiger charge is -2.19. The first-order chi connectivity index (χ1) is 11.1. The van der Waals surface area contributed by atoms with Gasteiger partial charge in [0.25, 0.3) is 11.8 Å². The maximum Gasteiger partial charge on any atom is 0.258 e. The van der Waals surface area contributed by atoms with Gasteiger partial charge in [0.1, 0.15) is 4.64 Å². The summed E-state index contributed by atoms with van der Waals surface area (Å²) in [6, 6.07) is 10.3. The number of H-pyrrole nitrogens is 1. The van der Waals surface area contributed by atoms with Crippen LogP contribution in [0.2, 0.25) is 0 Å². The van der Waals surface area contributed by atoms with Crippen LogP contribution in [0.5, 0.6) is 0 Å². The molecule has 2 rings (SSSR count). The number of aromatic nitrogens is 1. The zero-order chi connectivity index (χ0) is 16.8. The van der Waals surface area contributed by atoms with Crippen molar-refractivity contribution in [2.24, 2.45) is 0 Å². The predicted molar refractivity (Wildman–Crippen MR) is 93.3 cm³/mol. The molecule has 6 heteroatoms. The highest BCUT2D eigenvalue weighted by Crippen LogP contribution is 2.14. The number of anilines is 1. The molecule has 120 valence electrons. The van der Waals surface area contributed by atoms with Gasteiger partial charge < -0.3 is 15.2 Å². The minimum absolute atomic E-state index is 0.0527. The Morgan fingerprint density at radius 3 is 2.57 bits per heavy atom. The number of carbonyl (C=O) groups excluding carboxylic acids is 2. The molecule has 0 atom stereocenters. The van der Waals surface area contributed by atoms with E-state index in [9.17, 15) is 9.59 Å². The molecule has 0 unspecified atom stereocenters. The van der Waals surface area contributed by atoms with Crippen molar-refractivity contribution in [1.82, 2.24) is 9.88 Å². The zero-order valence-corrected chi connectivity index (χ0v) is 13.9. The number of amides is 2. The number of nitrogens with zero attached hydrogens (tertiary/aromatic N) is 1. The SMILES string of the molecule is CCN(CC)C(=O)c1cccc(NC(=O)c2ccc[nH]c2=S)c1. The molecule has 2 N–H and O–H groups in total. The molecule has 1 aromatic heterocycles. The first-order valence-corrected chi connectivity index (χ1v) is 7.86. The van der Waals surface area contributed by atoms with Gasteiger partial charge in [-0.2, -0.15) is 0 Å². The van der Waals surface area contributed by atoms with E-state index in [0.29, 0.717) is 34.5 Å². The maximum absolute atomic E-state index is 12.4. The van der Waals surface area contributed by atoms with Crippen LogP contribution in [0, 0.1) is 4.64 Å². The third-order valence-corrected chi connectivity index (χ3v) is 3.82. The minimum Gasteiger partial charge on any atom is -0.352 e. The largest absolute Gasteiger partial charge is 0.352 e. The number of hydrogen-bond acceptors (Lipinski definition) is 3. The molecule has 0 aliphatic heterocycles. The van der Waals surface area contributed by atoms with Gasteiger partial charge in [-0.25, -0.2) is 0 Å². The van der Waals surface area contributed by atoms with Crippen molar-refractivity contribution >= 4 is 29.7 Å². The van der Waals surface area contributed by atoms with Gasteiger partial charge in [0.15, 0.2) is 0 Å². The Morgan fingerprint density at radius 2 is 1.91 bits per heavy atom. The van der Waals surface area contributed by atoms with E-state index < -0.39 is 0 Å². The van der Waals surface area contributed by atoms with E-state index in [1.807, 2.05) is 13.8 Å². The topological polar surface area (TPSA) is 65.2 Å². The summed E-state index contributed by atoms with van der Waals surface area (Å²) in [5.41, 5.74) is 1.50. The van der Waals surface area contributed by atoms with Gasteiger partial charge in [-0.1, -0.05) is 18.3 Å². The molecule has 0 fully saturated rings. The van der Waals surface area contributed by atoms with Crippen LogP contribution in [0.3, 0.4) is 0 Å². The van der Waals surface area contributed by atoms with Crippen LogP contribution in [0.15, 0.2) is 42.6 Å². The summed E-state index contributed by atoms with van der Waals surface area (Å²) in [4.78, 5) is 29.2. The summed E-state index contributed by atoms with van der Waals surface area (Å²) in [5, 5.41) is 2.77. The van der Waals surface area contributed by atoms with Crippen molar-refractivity contribution in [1.29, 1.82) is 0 Å². The van der Waals surface area contributed by atoms with Gasteiger partial charge in [-0.15, -0.1) is 0 Å². The lowest BCUT2D eigenvalue weighted by atomic mass is 10.1. The molecule has 5 nitrogen and oxygen atoms in total. The number of rotatable bonds is 5. The van der Waals surface area contributed by atoms with Crippen LogP contribution in [-0.2, 0) is 0 Å². The number of hydrogen-bond donors (Lipinski definition) is 2. The van der Waals surface area contributed by atoms with Gasteiger partial charge in [0.05, 0.1) is 5.56 Å². The lowest BCUT2D eigenvalue weighted by molar-refractivity contribution is 0.0772. The fourth-order valence-corrected chi connectivity index (χ4v) is 2.45. The summed E-state index contributed by atoms with van der Waals surface area (Å²) in [7, 11) is 0. The Balaban J connectivity index is 2.21. The molecule has 2 aromatic rings. The second kappa shape index (κ2) is 7.69. The quantitative estimate of drug-likeness (QED) is 0.826. The highest BCUT2D eigenvalue weighted by molar-refractivity contribution is 7.71. The van der Waals surface area contributed by atoms with E-state index in [1.54, 1.807) is 47.5 Å². The summed E-state index contributed by atoms with van der Waals surface area (Å²) in [6.45, 7) is 5.16. The number of carbonyl (C=O) groups is 2. The summed E-state index contributed by atoms with van der Waals surface area (Å²) in [5.74, 6) is -0.359. The van der Waals surface area contributed by atoms with E-state index in [-0.39, 0.29) is 11.8 Å². The maximum atomic E-state index is 12.4. The van der Waals surface area contributed by atoms with Crippen LogP contribution in [0.25, 0.3) is 0 Å². The van der Waals surface area contributed by atoms with E-state index in [1.165, 1.54) is 0 Å². The van der Waals surface area contributed by atoms with Crippen LogP contribution in [-0.4, -0.2) is 34.8 Å². The van der Waals surface area contributed by atoms with Crippen molar-refractivity contribution in [3.63, 3.8) is 0 Å². The van der Waals surface area contributed by atoms with Gasteiger partial charge >= 0.3 is 0 Å². The summed E-state index contributed by atoms with van der Waals surface area (Å²) >= 11 is 5.10. The molecule has 1 heterocycles. The van der Waals surface area contributed by atoms with Crippen LogP contribution >= 0.6 is 12.2 Å². The molecule has 0 radical (unpaired) electrons. The van der Waals surface area contributed by atoms with Crippen molar-refractivity contribution in [2.45, 2.75) is 13.8 Å². The molecule has 0 saturated carbocycles. The summed E-state index contributed by atoms with van der Waals surface area (Å²) in [6.07, 6.45) is 1.67. The Morgan fingerprint density at radius 1 is 1.17 bits per heavy atom. The third-order valence-electron chi connectivity index (χ3n) is 3.48. The van der Waals surface area contributed by atoms with Crippen LogP contribution in [0.4, 0.5) is 5.69 Å². The number of nitrogens with one attached hydrogen (secondary N) is 2. The Hall–Kier alpha value is -2.47. The van der Waals surface area contributed by atoms with E-state index in [4.69, 9.17) is 12.2 Å². The molecule has 23 heavy (non-hydrogen) atoms. The second-order valence-corrected chi connectivity index (χ2v) is 5.33. The van der Waals surface area contributed by atoms with Crippen molar-refractivity contribution in [3.05, 3.63) is 58.4 Å². The molecule has 0 aliphatic carbocycles. The molecule has 0 bridgehead atoms. The smallest absolute Gasteiger partial charge is 0.258 e. The van der Waals surface area contributed by atoms with Crippen molar-refractivity contribution < 1.29 is 9.59 Å². The highest BCUT2D eigenvalue weighted by Gasteiger charge is 2.14. The third kappa shape index (κ3) is 4.04. The van der Waals surface area contributed by atoms with E-state index >= 15 is 0 Å². The first-order valence-electron chi connectivity index (χ1n) is 7.45. The average Bonchev–Trinajstić information content (AvgIpc) is 2.56. The minimum atomic E-state index is -0.306. The van der Waals surface area contributed by atoms with Gasteiger partial charge in [-0.3, -0.25) is 9.59 Å². The van der Waals surface area contributed by atoms with E-state index in [0.717, 1.165) is 0 Å². The molecular weight excluding hydrogens is 310 g/mol. The predicted octanol–water partition coefficient (Wildman–Crippen LogP) is 3.48.